The number of rotatable bonds is 39. The van der Waals surface area contributed by atoms with Crippen LogP contribution >= 0.6 is 7.82 Å². The summed E-state index contributed by atoms with van der Waals surface area (Å²) in [4.78, 5) is 34.9. The fourth-order valence-electron chi connectivity index (χ4n) is 5.82. The van der Waals surface area contributed by atoms with Gasteiger partial charge in [0.2, 0.25) is 0 Å². The van der Waals surface area contributed by atoms with Crippen LogP contribution in [-0.4, -0.2) is 65.7 Å². The van der Waals surface area contributed by atoms with Gasteiger partial charge in [-0.2, -0.15) is 0 Å². The number of esters is 2. The molecule has 0 aromatic carbocycles. The molecule has 10 nitrogen and oxygen atoms in total. The molecule has 0 heterocycles. The summed E-state index contributed by atoms with van der Waals surface area (Å²) in [5.41, 5.74) is 0. The minimum absolute atomic E-state index is 0.192. The Morgan fingerprint density at radius 1 is 0.520 bits per heavy atom. The van der Waals surface area contributed by atoms with Crippen molar-refractivity contribution in [3.8, 4) is 0 Å². The van der Waals surface area contributed by atoms with Crippen LogP contribution in [-0.2, 0) is 32.7 Å². The maximum atomic E-state index is 12.6. The van der Waals surface area contributed by atoms with Gasteiger partial charge in [-0.15, -0.1) is 0 Å². The normalized spacial score (nSPS) is 13.9. The molecule has 0 rings (SSSR count). The van der Waals surface area contributed by atoms with Gasteiger partial charge in [-0.1, -0.05) is 174 Å². The van der Waals surface area contributed by atoms with E-state index in [1.54, 1.807) is 0 Å². The van der Waals surface area contributed by atoms with Gasteiger partial charge < -0.3 is 24.6 Å². The van der Waals surface area contributed by atoms with Crippen molar-refractivity contribution in [1.82, 2.24) is 0 Å². The molecule has 0 spiro atoms. The monoisotopic (exact) mass is 737 g/mol. The Kier molecular flexibility index (Phi) is 35.6. The van der Waals surface area contributed by atoms with Crippen molar-refractivity contribution in [3.63, 3.8) is 0 Å². The van der Waals surface area contributed by atoms with Gasteiger partial charge in [0.05, 0.1) is 19.8 Å². The van der Waals surface area contributed by atoms with Gasteiger partial charge in [0.25, 0.3) is 0 Å². The zero-order valence-electron chi connectivity index (χ0n) is 32.1. The van der Waals surface area contributed by atoms with Gasteiger partial charge in [0.1, 0.15) is 12.7 Å². The molecule has 3 N–H and O–H groups in total. The molecule has 0 aliphatic carbocycles. The third-order valence-corrected chi connectivity index (χ3v) is 9.96. The van der Waals surface area contributed by atoms with Gasteiger partial charge in [0.15, 0.2) is 6.10 Å². The second-order valence-corrected chi connectivity index (χ2v) is 15.5. The molecular weight excluding hydrogens is 659 g/mol. The molecule has 0 bridgehead atoms. The molecule has 298 valence electrons. The molecule has 1 unspecified atom stereocenters. The van der Waals surface area contributed by atoms with Crippen LogP contribution in [0.4, 0.5) is 0 Å². The van der Waals surface area contributed by atoms with Gasteiger partial charge in [-0.05, 0) is 12.8 Å². The SMILES string of the molecule is CCCCCCCCCCCCCCCCC(=O)O[C@@H](COC(=O)CCCCCCCCCCCCCCC)COP(=O)(O)OC[C@H](O)CO. The number of carbonyl (C=O) groups excluding carboxylic acids is 2. The molecule has 50 heavy (non-hydrogen) atoms. The fourth-order valence-corrected chi connectivity index (χ4v) is 6.61. The average Bonchev–Trinajstić information content (AvgIpc) is 3.10. The van der Waals surface area contributed by atoms with Crippen LogP contribution in [0.1, 0.15) is 200 Å². The van der Waals surface area contributed by atoms with Crippen LogP contribution in [0.2, 0.25) is 0 Å². The summed E-state index contributed by atoms with van der Waals surface area (Å²) in [5, 5.41) is 18.3. The predicted octanol–water partition coefficient (Wildman–Crippen LogP) is 10.3. The van der Waals surface area contributed by atoms with Crippen LogP contribution < -0.4 is 0 Å². The zero-order chi connectivity index (χ0) is 37.0. The van der Waals surface area contributed by atoms with E-state index in [1.807, 2.05) is 0 Å². The third-order valence-electron chi connectivity index (χ3n) is 9.01. The van der Waals surface area contributed by atoms with E-state index < -0.39 is 51.8 Å². The summed E-state index contributed by atoms with van der Waals surface area (Å²) in [6, 6.07) is 0. The number of phosphoric ester groups is 1. The number of aliphatic hydroxyl groups excluding tert-OH is 2. The maximum absolute atomic E-state index is 12.6. The lowest BCUT2D eigenvalue weighted by atomic mass is 10.0. The number of aliphatic hydroxyl groups is 2. The molecule has 0 aliphatic heterocycles. The van der Waals surface area contributed by atoms with Crippen molar-refractivity contribution in [2.24, 2.45) is 0 Å². The largest absolute Gasteiger partial charge is 0.472 e. The molecule has 0 saturated heterocycles. The quantitative estimate of drug-likeness (QED) is 0.0316. The first-order chi connectivity index (χ1) is 24.2. The van der Waals surface area contributed by atoms with Crippen molar-refractivity contribution < 1.29 is 47.8 Å². The van der Waals surface area contributed by atoms with Crippen molar-refractivity contribution in [3.05, 3.63) is 0 Å². The number of carbonyl (C=O) groups is 2. The summed E-state index contributed by atoms with van der Waals surface area (Å²) in [7, 11) is -4.60. The molecule has 0 fully saturated rings. The lowest BCUT2D eigenvalue weighted by Gasteiger charge is -2.20. The highest BCUT2D eigenvalue weighted by Crippen LogP contribution is 2.43. The van der Waals surface area contributed by atoms with E-state index in [0.717, 1.165) is 38.5 Å². The first-order valence-electron chi connectivity index (χ1n) is 20.5. The predicted molar refractivity (Wildman–Crippen MR) is 201 cm³/mol. The standard InChI is InChI=1S/C39H77O10P/c1-3-5-7-9-11-13-15-17-19-21-23-25-27-29-31-39(43)49-37(35-48-50(44,45)47-33-36(41)32-40)34-46-38(42)30-28-26-24-22-20-18-16-14-12-10-8-6-4-2/h36-37,40-41H,3-35H2,1-2H3,(H,44,45)/t36-,37+/m1/s1. The Balaban J connectivity index is 4.29. The maximum Gasteiger partial charge on any atom is 0.472 e. The minimum atomic E-state index is -4.60. The average molecular weight is 737 g/mol. The topological polar surface area (TPSA) is 149 Å². The third kappa shape index (κ3) is 35.4. The van der Waals surface area contributed by atoms with Gasteiger partial charge in [-0.25, -0.2) is 4.57 Å². The van der Waals surface area contributed by atoms with Gasteiger partial charge in [-0.3, -0.25) is 18.6 Å². The van der Waals surface area contributed by atoms with E-state index >= 15 is 0 Å². The van der Waals surface area contributed by atoms with Crippen LogP contribution in [0.25, 0.3) is 0 Å². The van der Waals surface area contributed by atoms with Crippen molar-refractivity contribution in [1.29, 1.82) is 0 Å². The zero-order valence-corrected chi connectivity index (χ0v) is 33.0. The number of hydrogen-bond donors (Lipinski definition) is 3. The number of ether oxygens (including phenoxy) is 2. The Morgan fingerprint density at radius 2 is 0.860 bits per heavy atom. The second-order valence-electron chi connectivity index (χ2n) is 14.0. The minimum Gasteiger partial charge on any atom is -0.462 e. The molecule has 0 aromatic heterocycles. The molecule has 0 amide bonds. The van der Waals surface area contributed by atoms with Crippen molar-refractivity contribution in [2.45, 2.75) is 212 Å². The smallest absolute Gasteiger partial charge is 0.462 e. The first-order valence-corrected chi connectivity index (χ1v) is 22.0. The molecule has 0 aliphatic rings. The van der Waals surface area contributed by atoms with Gasteiger partial charge in [0, 0.05) is 12.8 Å². The van der Waals surface area contributed by atoms with E-state index in [2.05, 4.69) is 18.4 Å². The highest BCUT2D eigenvalue weighted by atomic mass is 31.2. The lowest BCUT2D eigenvalue weighted by molar-refractivity contribution is -0.161. The molecule has 3 atom stereocenters. The summed E-state index contributed by atoms with van der Waals surface area (Å²) < 4.78 is 32.6. The highest BCUT2D eigenvalue weighted by molar-refractivity contribution is 7.47. The molecule has 0 radical (unpaired) electrons. The summed E-state index contributed by atoms with van der Waals surface area (Å²) in [5.74, 6) is -0.912. The Hall–Kier alpha value is -1.03. The van der Waals surface area contributed by atoms with Crippen LogP contribution in [0.15, 0.2) is 0 Å². The molecule has 0 aromatic rings. The summed E-state index contributed by atoms with van der Waals surface area (Å²) in [6.45, 7) is 2.40. The van der Waals surface area contributed by atoms with E-state index in [9.17, 15) is 24.2 Å². The van der Waals surface area contributed by atoms with E-state index in [1.165, 1.54) is 122 Å². The summed E-state index contributed by atoms with van der Waals surface area (Å²) in [6.07, 6.45) is 30.6. The molecular formula is C39H77O10P. The van der Waals surface area contributed by atoms with Crippen molar-refractivity contribution >= 4 is 19.8 Å². The highest BCUT2D eigenvalue weighted by Gasteiger charge is 2.27. The van der Waals surface area contributed by atoms with Crippen LogP contribution in [0.3, 0.4) is 0 Å². The summed E-state index contributed by atoms with van der Waals surface area (Å²) >= 11 is 0. The fraction of sp³-hybridized carbons (Fsp3) is 0.949. The number of phosphoric acid groups is 1. The van der Waals surface area contributed by atoms with Crippen molar-refractivity contribution in [2.75, 3.05) is 26.4 Å². The van der Waals surface area contributed by atoms with Crippen LogP contribution in [0.5, 0.6) is 0 Å². The Labute approximate surface area is 305 Å². The number of hydrogen-bond acceptors (Lipinski definition) is 9. The first kappa shape index (κ1) is 49.0. The number of unbranched alkanes of at least 4 members (excludes halogenated alkanes) is 25. The van der Waals surface area contributed by atoms with E-state index in [0.29, 0.717) is 12.8 Å². The van der Waals surface area contributed by atoms with Crippen LogP contribution in [0, 0.1) is 0 Å². The Bertz CT molecular complexity index is 812. The lowest BCUT2D eigenvalue weighted by Crippen LogP contribution is -2.29. The van der Waals surface area contributed by atoms with Gasteiger partial charge >= 0.3 is 19.8 Å². The molecule has 11 heteroatoms. The second kappa shape index (κ2) is 36.3. The molecule has 0 saturated carbocycles. The Morgan fingerprint density at radius 3 is 1.24 bits per heavy atom. The van der Waals surface area contributed by atoms with E-state index in [-0.39, 0.29) is 19.4 Å². The van der Waals surface area contributed by atoms with E-state index in [4.69, 9.17) is 19.1 Å².